The average molecular weight is 274 g/mol. The number of nitrogens with zero attached hydrogens (tertiary/aromatic N) is 1. The molecule has 1 N–H and O–H groups in total. The summed E-state index contributed by atoms with van der Waals surface area (Å²) in [7, 11) is 0. The zero-order valence-corrected chi connectivity index (χ0v) is 12.9. The van der Waals surface area contributed by atoms with Gasteiger partial charge in [0.25, 0.3) is 0 Å². The average Bonchev–Trinajstić information content (AvgIpc) is 2.83. The number of furan rings is 1. The van der Waals surface area contributed by atoms with Gasteiger partial charge in [0.15, 0.2) is 0 Å². The fraction of sp³-hybridized carbons (Fsp3) is 0.765. The molecule has 2 saturated heterocycles. The van der Waals surface area contributed by atoms with Crippen LogP contribution in [0.5, 0.6) is 0 Å². The van der Waals surface area contributed by atoms with Crippen LogP contribution in [-0.4, -0.2) is 30.1 Å². The Hall–Kier alpha value is -0.800. The summed E-state index contributed by atoms with van der Waals surface area (Å²) in [6.07, 6.45) is 1.30. The van der Waals surface area contributed by atoms with Crippen LogP contribution in [0, 0.1) is 17.8 Å². The second-order valence-electron chi connectivity index (χ2n) is 7.68. The SMILES string of the molecule is CC1CC1c1ccc(CN2CC3CNCC3C2(C)C)o1. The topological polar surface area (TPSA) is 28.4 Å². The van der Waals surface area contributed by atoms with Crippen molar-refractivity contribution in [3.63, 3.8) is 0 Å². The van der Waals surface area contributed by atoms with Crippen LogP contribution in [0.25, 0.3) is 0 Å². The Kier molecular flexibility index (Phi) is 2.80. The Balaban J connectivity index is 1.47. The summed E-state index contributed by atoms with van der Waals surface area (Å²) in [5.74, 6) is 5.50. The van der Waals surface area contributed by atoms with Crippen LogP contribution in [0.1, 0.15) is 44.6 Å². The van der Waals surface area contributed by atoms with Crippen LogP contribution in [0.15, 0.2) is 16.5 Å². The quantitative estimate of drug-likeness (QED) is 0.919. The van der Waals surface area contributed by atoms with Gasteiger partial charge in [-0.1, -0.05) is 6.92 Å². The van der Waals surface area contributed by atoms with Crippen molar-refractivity contribution >= 4 is 0 Å². The Morgan fingerprint density at radius 3 is 2.85 bits per heavy atom. The van der Waals surface area contributed by atoms with Gasteiger partial charge >= 0.3 is 0 Å². The summed E-state index contributed by atoms with van der Waals surface area (Å²) in [5.41, 5.74) is 0.286. The first kappa shape index (κ1) is 12.9. The standard InChI is InChI=1S/C17H26N2O/c1-11-6-14(11)16-5-4-13(20-16)10-19-9-12-7-18-8-15(12)17(19,2)3/h4-5,11-12,14-15,18H,6-10H2,1-3H3. The molecule has 3 aliphatic rings. The molecule has 4 atom stereocenters. The van der Waals surface area contributed by atoms with Crippen molar-refractivity contribution in [1.29, 1.82) is 0 Å². The number of likely N-dealkylation sites (tertiary alicyclic amines) is 1. The normalized spacial score (nSPS) is 39.1. The third-order valence-corrected chi connectivity index (χ3v) is 6.02. The van der Waals surface area contributed by atoms with E-state index in [2.05, 4.69) is 43.1 Å². The summed E-state index contributed by atoms with van der Waals surface area (Å²) in [6.45, 7) is 11.7. The minimum Gasteiger partial charge on any atom is -0.464 e. The van der Waals surface area contributed by atoms with E-state index in [0.29, 0.717) is 5.92 Å². The predicted molar refractivity (Wildman–Crippen MR) is 79.6 cm³/mol. The van der Waals surface area contributed by atoms with E-state index in [-0.39, 0.29) is 5.54 Å². The number of hydrogen-bond donors (Lipinski definition) is 1. The van der Waals surface area contributed by atoms with E-state index in [1.807, 2.05) is 0 Å². The minimum absolute atomic E-state index is 0.286. The number of rotatable bonds is 3. The maximum Gasteiger partial charge on any atom is 0.118 e. The van der Waals surface area contributed by atoms with Crippen molar-refractivity contribution in [3.8, 4) is 0 Å². The first-order valence-corrected chi connectivity index (χ1v) is 8.10. The molecule has 0 spiro atoms. The number of nitrogens with one attached hydrogen (secondary N) is 1. The fourth-order valence-corrected chi connectivity index (χ4v) is 4.36. The van der Waals surface area contributed by atoms with Crippen molar-refractivity contribution in [2.75, 3.05) is 19.6 Å². The molecule has 1 aromatic heterocycles. The van der Waals surface area contributed by atoms with Gasteiger partial charge in [0.1, 0.15) is 11.5 Å². The Bertz CT molecular complexity index is 507. The van der Waals surface area contributed by atoms with Gasteiger partial charge in [0, 0.05) is 24.5 Å². The van der Waals surface area contributed by atoms with E-state index in [0.717, 1.165) is 30.1 Å². The summed E-state index contributed by atoms with van der Waals surface area (Å²) in [5, 5.41) is 3.55. The van der Waals surface area contributed by atoms with Crippen LogP contribution < -0.4 is 5.32 Å². The van der Waals surface area contributed by atoms with Gasteiger partial charge < -0.3 is 9.73 Å². The smallest absolute Gasteiger partial charge is 0.118 e. The van der Waals surface area contributed by atoms with E-state index in [1.165, 1.54) is 31.8 Å². The molecular weight excluding hydrogens is 248 g/mol. The van der Waals surface area contributed by atoms with E-state index in [1.54, 1.807) is 0 Å². The monoisotopic (exact) mass is 274 g/mol. The lowest BCUT2D eigenvalue weighted by Gasteiger charge is -2.35. The lowest BCUT2D eigenvalue weighted by molar-refractivity contribution is 0.122. The molecule has 110 valence electrons. The maximum absolute atomic E-state index is 6.10. The zero-order chi connectivity index (χ0) is 13.9. The number of fused-ring (bicyclic) bond motifs is 1. The zero-order valence-electron chi connectivity index (χ0n) is 12.9. The largest absolute Gasteiger partial charge is 0.464 e. The van der Waals surface area contributed by atoms with E-state index in [4.69, 9.17) is 4.42 Å². The molecule has 0 aromatic carbocycles. The molecule has 3 heteroatoms. The Morgan fingerprint density at radius 1 is 1.35 bits per heavy atom. The molecule has 4 unspecified atom stereocenters. The van der Waals surface area contributed by atoms with Gasteiger partial charge in [-0.25, -0.2) is 0 Å². The highest BCUT2D eigenvalue weighted by molar-refractivity contribution is 5.18. The van der Waals surface area contributed by atoms with Crippen molar-refractivity contribution in [1.82, 2.24) is 10.2 Å². The van der Waals surface area contributed by atoms with Gasteiger partial charge in [-0.2, -0.15) is 0 Å². The highest BCUT2D eigenvalue weighted by Gasteiger charge is 2.49. The molecule has 3 nitrogen and oxygen atoms in total. The van der Waals surface area contributed by atoms with Gasteiger partial charge in [0.2, 0.25) is 0 Å². The molecule has 3 heterocycles. The summed E-state index contributed by atoms with van der Waals surface area (Å²) in [6, 6.07) is 4.40. The lowest BCUT2D eigenvalue weighted by Crippen LogP contribution is -2.43. The van der Waals surface area contributed by atoms with Crippen molar-refractivity contribution in [2.24, 2.45) is 17.8 Å². The van der Waals surface area contributed by atoms with Crippen LogP contribution in [0.3, 0.4) is 0 Å². The highest BCUT2D eigenvalue weighted by atomic mass is 16.3. The molecule has 1 aliphatic carbocycles. The molecule has 1 aromatic rings. The molecule has 0 amide bonds. The minimum atomic E-state index is 0.286. The first-order valence-electron chi connectivity index (χ1n) is 8.10. The van der Waals surface area contributed by atoms with Gasteiger partial charge in [-0.05, 0) is 56.7 Å². The predicted octanol–water partition coefficient (Wildman–Crippen LogP) is 2.83. The lowest BCUT2D eigenvalue weighted by atomic mass is 9.85. The van der Waals surface area contributed by atoms with Crippen LogP contribution in [0.4, 0.5) is 0 Å². The van der Waals surface area contributed by atoms with Crippen LogP contribution in [-0.2, 0) is 6.54 Å². The first-order chi connectivity index (χ1) is 9.55. The second-order valence-corrected chi connectivity index (χ2v) is 7.68. The molecule has 1 saturated carbocycles. The maximum atomic E-state index is 6.10. The second kappa shape index (κ2) is 4.35. The highest BCUT2D eigenvalue weighted by Crippen LogP contribution is 2.47. The van der Waals surface area contributed by atoms with E-state index < -0.39 is 0 Å². The molecule has 0 bridgehead atoms. The summed E-state index contributed by atoms with van der Waals surface area (Å²) < 4.78 is 6.10. The third-order valence-electron chi connectivity index (χ3n) is 6.02. The fourth-order valence-electron chi connectivity index (χ4n) is 4.36. The summed E-state index contributed by atoms with van der Waals surface area (Å²) in [4.78, 5) is 2.63. The van der Waals surface area contributed by atoms with Crippen LogP contribution >= 0.6 is 0 Å². The van der Waals surface area contributed by atoms with Crippen molar-refractivity contribution < 1.29 is 4.42 Å². The molecule has 20 heavy (non-hydrogen) atoms. The molecule has 3 fully saturated rings. The number of hydrogen-bond acceptors (Lipinski definition) is 3. The third kappa shape index (κ3) is 1.94. The van der Waals surface area contributed by atoms with Gasteiger partial charge in [-0.15, -0.1) is 0 Å². The molecule has 0 radical (unpaired) electrons. The molecule has 2 aliphatic heterocycles. The van der Waals surface area contributed by atoms with E-state index >= 15 is 0 Å². The van der Waals surface area contributed by atoms with Gasteiger partial charge in [-0.3, -0.25) is 4.90 Å². The van der Waals surface area contributed by atoms with Gasteiger partial charge in [0.05, 0.1) is 6.54 Å². The van der Waals surface area contributed by atoms with Crippen molar-refractivity contribution in [3.05, 3.63) is 23.7 Å². The van der Waals surface area contributed by atoms with Crippen LogP contribution in [0.2, 0.25) is 0 Å². The molecule has 4 rings (SSSR count). The summed E-state index contributed by atoms with van der Waals surface area (Å²) >= 11 is 0. The Labute approximate surface area is 121 Å². The van der Waals surface area contributed by atoms with Crippen molar-refractivity contribution in [2.45, 2.75) is 45.2 Å². The Morgan fingerprint density at radius 2 is 2.15 bits per heavy atom. The molecular formula is C17H26N2O. The van der Waals surface area contributed by atoms with E-state index in [9.17, 15) is 0 Å².